The van der Waals surface area contributed by atoms with E-state index in [1.165, 1.54) is 23.9 Å². The van der Waals surface area contributed by atoms with Crippen molar-refractivity contribution in [3.63, 3.8) is 0 Å². The average molecular weight is 433 g/mol. The Morgan fingerprint density at radius 1 is 1.17 bits per heavy atom. The molecule has 0 spiro atoms. The van der Waals surface area contributed by atoms with E-state index >= 15 is 0 Å². The molecule has 2 aromatic rings. The van der Waals surface area contributed by atoms with Gasteiger partial charge in [0.1, 0.15) is 0 Å². The molecule has 154 valence electrons. The molecule has 2 aromatic carbocycles. The van der Waals surface area contributed by atoms with Crippen molar-refractivity contribution in [2.24, 2.45) is 0 Å². The molecule has 0 unspecified atom stereocenters. The first kappa shape index (κ1) is 21.4. The van der Waals surface area contributed by atoms with Crippen molar-refractivity contribution < 1.29 is 18.0 Å². The van der Waals surface area contributed by atoms with E-state index in [0.29, 0.717) is 17.8 Å². The van der Waals surface area contributed by atoms with E-state index in [0.717, 1.165) is 16.0 Å². The Hall–Kier alpha value is -2.32. The van der Waals surface area contributed by atoms with Crippen LogP contribution in [-0.2, 0) is 19.4 Å². The Kier molecular flexibility index (Phi) is 6.33. The Bertz CT molecular complexity index is 1060. The van der Waals surface area contributed by atoms with Crippen molar-refractivity contribution >= 4 is 44.8 Å². The zero-order valence-corrected chi connectivity index (χ0v) is 18.2. The number of hydrogen-bond acceptors (Lipinski definition) is 5. The van der Waals surface area contributed by atoms with Crippen LogP contribution in [0.2, 0.25) is 0 Å². The number of carbonyl (C=O) groups excluding carboxylic acids is 2. The molecule has 2 amide bonds. The second-order valence-corrected chi connectivity index (χ2v) is 10.8. The van der Waals surface area contributed by atoms with Gasteiger partial charge in [0, 0.05) is 28.7 Å². The number of carbonyl (C=O) groups is 2. The van der Waals surface area contributed by atoms with Crippen LogP contribution in [0.4, 0.5) is 11.4 Å². The molecule has 0 bridgehead atoms. The molecule has 0 saturated heterocycles. The zero-order valence-electron chi connectivity index (χ0n) is 16.6. The fourth-order valence-corrected chi connectivity index (χ4v) is 5.33. The summed E-state index contributed by atoms with van der Waals surface area (Å²) in [5.41, 5.74) is 3.32. The van der Waals surface area contributed by atoms with E-state index in [1.807, 2.05) is 32.9 Å². The highest BCUT2D eigenvalue weighted by Gasteiger charge is 2.23. The van der Waals surface area contributed by atoms with Gasteiger partial charge in [-0.1, -0.05) is 13.0 Å². The second kappa shape index (κ2) is 8.59. The number of hydrogen-bond donors (Lipinski definition) is 2. The predicted octanol–water partition coefficient (Wildman–Crippen LogP) is 3.93. The third kappa shape index (κ3) is 5.39. The standard InChI is InChI=1S/C21H24N2O4S2/c1-13-4-5-16(10-14(13)2)22-20(24)8-9-29(26,27)17-6-7-19-18(12-17)23-21(25)11-15(3)28-19/h4-7,10,12,15H,8-9,11H2,1-3H3,(H,22,24)(H,23,25)/t15-/m0/s1. The maximum atomic E-state index is 12.7. The Balaban J connectivity index is 1.68. The number of benzene rings is 2. The van der Waals surface area contributed by atoms with Gasteiger partial charge in [-0.2, -0.15) is 0 Å². The SMILES string of the molecule is Cc1ccc(NC(=O)CCS(=O)(=O)c2ccc3c(c2)NC(=O)C[C@H](C)S3)cc1C. The first-order valence-corrected chi connectivity index (χ1v) is 11.9. The van der Waals surface area contributed by atoms with Gasteiger partial charge < -0.3 is 10.6 Å². The van der Waals surface area contributed by atoms with Crippen molar-refractivity contribution in [3.05, 3.63) is 47.5 Å². The molecular weight excluding hydrogens is 408 g/mol. The molecule has 1 aliphatic rings. The van der Waals surface area contributed by atoms with E-state index < -0.39 is 9.84 Å². The number of rotatable bonds is 5. The molecule has 0 saturated carbocycles. The van der Waals surface area contributed by atoms with E-state index in [4.69, 9.17) is 0 Å². The molecule has 1 heterocycles. The van der Waals surface area contributed by atoms with Gasteiger partial charge in [-0.25, -0.2) is 8.42 Å². The Labute approximate surface area is 175 Å². The van der Waals surface area contributed by atoms with Gasteiger partial charge in [-0.05, 0) is 55.3 Å². The third-order valence-corrected chi connectivity index (χ3v) is 7.67. The number of fused-ring (bicyclic) bond motifs is 1. The number of nitrogens with one attached hydrogen (secondary N) is 2. The van der Waals surface area contributed by atoms with Crippen molar-refractivity contribution in [2.75, 3.05) is 16.4 Å². The number of anilines is 2. The molecule has 0 aromatic heterocycles. The van der Waals surface area contributed by atoms with Gasteiger partial charge in [-0.3, -0.25) is 9.59 Å². The summed E-state index contributed by atoms with van der Waals surface area (Å²) in [5.74, 6) is -0.796. The summed E-state index contributed by atoms with van der Waals surface area (Å²) in [6.45, 7) is 5.89. The molecule has 0 aliphatic carbocycles. The van der Waals surface area contributed by atoms with Gasteiger partial charge in [0.15, 0.2) is 9.84 Å². The lowest BCUT2D eigenvalue weighted by Gasteiger charge is -2.11. The molecule has 0 radical (unpaired) electrons. The lowest BCUT2D eigenvalue weighted by Crippen LogP contribution is -2.18. The molecule has 3 rings (SSSR count). The highest BCUT2D eigenvalue weighted by Crippen LogP contribution is 2.36. The van der Waals surface area contributed by atoms with Crippen LogP contribution in [0.25, 0.3) is 0 Å². The fraction of sp³-hybridized carbons (Fsp3) is 0.333. The molecule has 1 aliphatic heterocycles. The Morgan fingerprint density at radius 3 is 2.66 bits per heavy atom. The quantitative estimate of drug-likeness (QED) is 0.747. The monoisotopic (exact) mass is 432 g/mol. The van der Waals surface area contributed by atoms with Crippen LogP contribution >= 0.6 is 11.8 Å². The van der Waals surface area contributed by atoms with Crippen LogP contribution in [0.15, 0.2) is 46.2 Å². The maximum absolute atomic E-state index is 12.7. The lowest BCUT2D eigenvalue weighted by molar-refractivity contribution is -0.116. The van der Waals surface area contributed by atoms with Crippen LogP contribution < -0.4 is 10.6 Å². The minimum Gasteiger partial charge on any atom is -0.326 e. The molecule has 29 heavy (non-hydrogen) atoms. The summed E-state index contributed by atoms with van der Waals surface area (Å²) in [4.78, 5) is 25.1. The van der Waals surface area contributed by atoms with Crippen molar-refractivity contribution in [3.8, 4) is 0 Å². The van der Waals surface area contributed by atoms with E-state index in [1.54, 1.807) is 12.1 Å². The number of sulfone groups is 1. The third-order valence-electron chi connectivity index (χ3n) is 4.77. The largest absolute Gasteiger partial charge is 0.326 e. The normalized spacial score (nSPS) is 16.5. The minimum absolute atomic E-state index is 0.102. The first-order valence-electron chi connectivity index (χ1n) is 9.34. The Morgan fingerprint density at radius 2 is 1.93 bits per heavy atom. The number of aryl methyl sites for hydroxylation is 2. The van der Waals surface area contributed by atoms with Gasteiger partial charge in [-0.15, -0.1) is 11.8 Å². The summed E-state index contributed by atoms with van der Waals surface area (Å²) in [6, 6.07) is 10.3. The zero-order chi connectivity index (χ0) is 21.2. The number of thioether (sulfide) groups is 1. The van der Waals surface area contributed by atoms with Crippen LogP contribution in [0.3, 0.4) is 0 Å². The smallest absolute Gasteiger partial charge is 0.225 e. The maximum Gasteiger partial charge on any atom is 0.225 e. The minimum atomic E-state index is -3.66. The molecule has 6 nitrogen and oxygen atoms in total. The summed E-state index contributed by atoms with van der Waals surface area (Å²) < 4.78 is 25.4. The summed E-state index contributed by atoms with van der Waals surface area (Å²) in [5, 5.41) is 5.63. The van der Waals surface area contributed by atoms with Gasteiger partial charge in [0.2, 0.25) is 11.8 Å². The van der Waals surface area contributed by atoms with Crippen LogP contribution in [0.5, 0.6) is 0 Å². The highest BCUT2D eigenvalue weighted by molar-refractivity contribution is 8.00. The van der Waals surface area contributed by atoms with Crippen molar-refractivity contribution in [1.82, 2.24) is 0 Å². The molecule has 8 heteroatoms. The summed E-state index contributed by atoms with van der Waals surface area (Å²) in [6.07, 6.45) is 0.227. The van der Waals surface area contributed by atoms with Crippen LogP contribution in [-0.4, -0.2) is 31.2 Å². The fourth-order valence-electron chi connectivity index (χ4n) is 3.01. The summed E-state index contributed by atoms with van der Waals surface area (Å²) >= 11 is 1.54. The van der Waals surface area contributed by atoms with Crippen molar-refractivity contribution in [2.45, 2.75) is 48.7 Å². The van der Waals surface area contributed by atoms with Crippen LogP contribution in [0, 0.1) is 13.8 Å². The molecule has 0 fully saturated rings. The van der Waals surface area contributed by atoms with Crippen LogP contribution in [0.1, 0.15) is 30.9 Å². The first-order chi connectivity index (χ1) is 13.6. The van der Waals surface area contributed by atoms with Crippen molar-refractivity contribution in [1.29, 1.82) is 0 Å². The van der Waals surface area contributed by atoms with Gasteiger partial charge in [0.05, 0.1) is 16.3 Å². The highest BCUT2D eigenvalue weighted by atomic mass is 32.2. The average Bonchev–Trinajstić information content (AvgIpc) is 2.78. The van der Waals surface area contributed by atoms with E-state index in [-0.39, 0.29) is 34.1 Å². The lowest BCUT2D eigenvalue weighted by atomic mass is 10.1. The number of amides is 2. The molecular formula is C21H24N2O4S2. The van der Waals surface area contributed by atoms with E-state index in [2.05, 4.69) is 10.6 Å². The predicted molar refractivity (Wildman–Crippen MR) is 116 cm³/mol. The van der Waals surface area contributed by atoms with Gasteiger partial charge >= 0.3 is 0 Å². The molecule has 1 atom stereocenters. The molecule has 2 N–H and O–H groups in total. The van der Waals surface area contributed by atoms with Gasteiger partial charge in [0.25, 0.3) is 0 Å². The second-order valence-electron chi connectivity index (χ2n) is 7.25. The van der Waals surface area contributed by atoms with E-state index in [9.17, 15) is 18.0 Å². The summed E-state index contributed by atoms with van der Waals surface area (Å²) in [7, 11) is -3.66. The topological polar surface area (TPSA) is 92.3 Å².